The van der Waals surface area contributed by atoms with E-state index < -0.39 is 0 Å². The summed E-state index contributed by atoms with van der Waals surface area (Å²) >= 11 is 0. The number of benzene rings is 1. The van der Waals surface area contributed by atoms with Crippen molar-refractivity contribution in [2.45, 2.75) is 25.6 Å². The molecular weight excluding hydrogens is 332 g/mol. The Balaban J connectivity index is 1.69. The van der Waals surface area contributed by atoms with Crippen molar-refractivity contribution in [3.05, 3.63) is 36.2 Å². The van der Waals surface area contributed by atoms with Gasteiger partial charge in [-0.15, -0.1) is 0 Å². The molecule has 4 rings (SSSR count). The van der Waals surface area contributed by atoms with Gasteiger partial charge in [0.2, 0.25) is 5.95 Å². The Bertz CT molecular complexity index is 900. The standard InChI is InChI=1S/C18H22N6O2/c1-23(2)18-21-16(19-10-12-5-7-13(25)8-6-12)15-17(22-18)24(11-20-15)14-4-3-9-26-14/h5-8,11,14,25H,3-4,9-10H2,1-2H3,(H,19,21,22). The zero-order valence-electron chi connectivity index (χ0n) is 14.9. The van der Waals surface area contributed by atoms with Crippen molar-refractivity contribution < 1.29 is 9.84 Å². The summed E-state index contributed by atoms with van der Waals surface area (Å²) in [6, 6.07) is 7.09. The third kappa shape index (κ3) is 3.15. The molecule has 0 spiro atoms. The van der Waals surface area contributed by atoms with E-state index >= 15 is 0 Å². The van der Waals surface area contributed by atoms with E-state index in [1.54, 1.807) is 18.5 Å². The number of hydrogen-bond donors (Lipinski definition) is 2. The monoisotopic (exact) mass is 354 g/mol. The van der Waals surface area contributed by atoms with Crippen molar-refractivity contribution in [1.82, 2.24) is 19.5 Å². The first kappa shape index (κ1) is 16.6. The molecular formula is C18H22N6O2. The van der Waals surface area contributed by atoms with Crippen molar-refractivity contribution in [3.63, 3.8) is 0 Å². The lowest BCUT2D eigenvalue weighted by Crippen LogP contribution is -2.15. The minimum absolute atomic E-state index is 0.0186. The first-order chi connectivity index (χ1) is 12.6. The van der Waals surface area contributed by atoms with E-state index in [1.807, 2.05) is 35.7 Å². The Morgan fingerprint density at radius 2 is 2.08 bits per heavy atom. The number of fused-ring (bicyclic) bond motifs is 1. The van der Waals surface area contributed by atoms with Crippen LogP contribution in [0.3, 0.4) is 0 Å². The van der Waals surface area contributed by atoms with E-state index in [2.05, 4.69) is 20.3 Å². The normalized spacial score (nSPS) is 16.9. The van der Waals surface area contributed by atoms with Gasteiger partial charge in [-0.2, -0.15) is 9.97 Å². The van der Waals surface area contributed by atoms with Gasteiger partial charge in [0.15, 0.2) is 17.0 Å². The smallest absolute Gasteiger partial charge is 0.228 e. The maximum atomic E-state index is 9.42. The molecule has 136 valence electrons. The third-order valence-electron chi connectivity index (χ3n) is 4.42. The summed E-state index contributed by atoms with van der Waals surface area (Å²) < 4.78 is 7.78. The number of rotatable bonds is 5. The molecule has 2 aromatic heterocycles. The first-order valence-corrected chi connectivity index (χ1v) is 8.67. The second-order valence-electron chi connectivity index (χ2n) is 6.58. The van der Waals surface area contributed by atoms with Crippen molar-refractivity contribution in [2.75, 3.05) is 30.9 Å². The predicted octanol–water partition coefficient (Wildman–Crippen LogP) is 2.52. The van der Waals surface area contributed by atoms with E-state index in [0.717, 1.165) is 36.2 Å². The highest BCUT2D eigenvalue weighted by molar-refractivity contribution is 5.84. The van der Waals surface area contributed by atoms with Gasteiger partial charge in [0.25, 0.3) is 0 Å². The predicted molar refractivity (Wildman–Crippen MR) is 99.3 cm³/mol. The van der Waals surface area contributed by atoms with Crippen LogP contribution in [0.1, 0.15) is 24.6 Å². The summed E-state index contributed by atoms with van der Waals surface area (Å²) in [4.78, 5) is 15.7. The minimum atomic E-state index is -0.0186. The van der Waals surface area contributed by atoms with E-state index in [1.165, 1.54) is 0 Å². The number of hydrogen-bond acceptors (Lipinski definition) is 7. The molecule has 1 fully saturated rings. The van der Waals surface area contributed by atoms with Crippen LogP contribution >= 0.6 is 0 Å². The lowest BCUT2D eigenvalue weighted by atomic mass is 10.2. The number of nitrogens with zero attached hydrogens (tertiary/aromatic N) is 5. The highest BCUT2D eigenvalue weighted by atomic mass is 16.5. The molecule has 0 aliphatic carbocycles. The maximum absolute atomic E-state index is 9.42. The number of anilines is 2. The van der Waals surface area contributed by atoms with Crippen LogP contribution in [0, 0.1) is 0 Å². The third-order valence-corrected chi connectivity index (χ3v) is 4.42. The molecule has 1 saturated heterocycles. The van der Waals surface area contributed by atoms with Crippen LogP contribution in [0.2, 0.25) is 0 Å². The summed E-state index contributed by atoms with van der Waals surface area (Å²) in [5, 5.41) is 12.8. The summed E-state index contributed by atoms with van der Waals surface area (Å²) in [5.41, 5.74) is 2.54. The Labute approximate surface area is 151 Å². The maximum Gasteiger partial charge on any atom is 0.228 e. The first-order valence-electron chi connectivity index (χ1n) is 8.67. The molecule has 1 aliphatic heterocycles. The molecule has 1 aromatic carbocycles. The molecule has 0 amide bonds. The topological polar surface area (TPSA) is 88.3 Å². The Kier molecular flexibility index (Phi) is 4.34. The molecule has 26 heavy (non-hydrogen) atoms. The minimum Gasteiger partial charge on any atom is -0.508 e. The van der Waals surface area contributed by atoms with Crippen molar-refractivity contribution in [3.8, 4) is 5.75 Å². The van der Waals surface area contributed by atoms with Crippen LogP contribution in [0.15, 0.2) is 30.6 Å². The Hall–Kier alpha value is -2.87. The second-order valence-corrected chi connectivity index (χ2v) is 6.58. The molecule has 2 N–H and O–H groups in total. The van der Waals surface area contributed by atoms with Crippen LogP contribution in [0.25, 0.3) is 11.2 Å². The van der Waals surface area contributed by atoms with Crippen molar-refractivity contribution in [1.29, 1.82) is 0 Å². The Morgan fingerprint density at radius 1 is 1.27 bits per heavy atom. The summed E-state index contributed by atoms with van der Waals surface area (Å²) in [7, 11) is 3.83. The number of imidazole rings is 1. The molecule has 8 nitrogen and oxygen atoms in total. The van der Waals surface area contributed by atoms with Crippen molar-refractivity contribution >= 4 is 22.9 Å². The number of ether oxygens (including phenoxy) is 1. The zero-order valence-corrected chi connectivity index (χ0v) is 14.9. The summed E-state index contributed by atoms with van der Waals surface area (Å²) in [6.07, 6.45) is 3.76. The highest BCUT2D eigenvalue weighted by Crippen LogP contribution is 2.29. The quantitative estimate of drug-likeness (QED) is 0.728. The van der Waals surface area contributed by atoms with E-state index in [9.17, 15) is 5.11 Å². The number of phenolic OH excluding ortho intramolecular Hbond substituents is 1. The van der Waals surface area contributed by atoms with Crippen LogP contribution in [0.4, 0.5) is 11.8 Å². The second kappa shape index (κ2) is 6.80. The van der Waals surface area contributed by atoms with Gasteiger partial charge >= 0.3 is 0 Å². The molecule has 0 radical (unpaired) electrons. The fourth-order valence-electron chi connectivity index (χ4n) is 3.02. The van der Waals surface area contributed by atoms with Gasteiger partial charge in [-0.3, -0.25) is 4.57 Å². The molecule has 3 heterocycles. The fraction of sp³-hybridized carbons (Fsp3) is 0.389. The van der Waals surface area contributed by atoms with Gasteiger partial charge < -0.3 is 20.1 Å². The lowest BCUT2D eigenvalue weighted by molar-refractivity contribution is 0.0593. The van der Waals surface area contributed by atoms with Crippen LogP contribution in [-0.2, 0) is 11.3 Å². The molecule has 8 heteroatoms. The summed E-state index contributed by atoms with van der Waals surface area (Å²) in [5.74, 6) is 1.55. The Morgan fingerprint density at radius 3 is 2.77 bits per heavy atom. The van der Waals surface area contributed by atoms with E-state index in [4.69, 9.17) is 4.74 Å². The van der Waals surface area contributed by atoms with E-state index in [-0.39, 0.29) is 12.0 Å². The molecule has 1 atom stereocenters. The van der Waals surface area contributed by atoms with Gasteiger partial charge in [-0.05, 0) is 30.5 Å². The number of aromatic nitrogens is 4. The molecule has 1 unspecified atom stereocenters. The number of aromatic hydroxyl groups is 1. The van der Waals surface area contributed by atoms with Gasteiger partial charge in [-0.1, -0.05) is 12.1 Å². The van der Waals surface area contributed by atoms with Crippen molar-refractivity contribution in [2.24, 2.45) is 0 Å². The molecule has 0 bridgehead atoms. The SMILES string of the molecule is CN(C)c1nc(NCc2ccc(O)cc2)c2ncn(C3CCCO3)c2n1. The van der Waals surface area contributed by atoms with Crippen LogP contribution in [-0.4, -0.2) is 45.3 Å². The average Bonchev–Trinajstić information content (AvgIpc) is 3.30. The summed E-state index contributed by atoms with van der Waals surface area (Å²) in [6.45, 7) is 1.34. The van der Waals surface area contributed by atoms with Crippen LogP contribution in [0.5, 0.6) is 5.75 Å². The highest BCUT2D eigenvalue weighted by Gasteiger charge is 2.22. The van der Waals surface area contributed by atoms with Gasteiger partial charge in [-0.25, -0.2) is 4.98 Å². The number of nitrogens with one attached hydrogen (secondary N) is 1. The van der Waals surface area contributed by atoms with Gasteiger partial charge in [0.1, 0.15) is 12.0 Å². The fourth-order valence-corrected chi connectivity index (χ4v) is 3.02. The molecule has 0 saturated carbocycles. The van der Waals surface area contributed by atoms with Crippen LogP contribution < -0.4 is 10.2 Å². The largest absolute Gasteiger partial charge is 0.508 e. The molecule has 3 aromatic rings. The average molecular weight is 354 g/mol. The lowest BCUT2D eigenvalue weighted by Gasteiger charge is -2.15. The van der Waals surface area contributed by atoms with Gasteiger partial charge in [0, 0.05) is 27.2 Å². The van der Waals surface area contributed by atoms with E-state index in [0.29, 0.717) is 18.3 Å². The van der Waals surface area contributed by atoms with Gasteiger partial charge in [0.05, 0.1) is 6.33 Å². The zero-order chi connectivity index (χ0) is 18.1. The number of phenols is 1. The molecule has 1 aliphatic rings.